The zero-order valence-corrected chi connectivity index (χ0v) is 17.6. The lowest BCUT2D eigenvalue weighted by molar-refractivity contribution is -0.135. The first-order valence-electron chi connectivity index (χ1n) is 9.06. The fourth-order valence-corrected chi connectivity index (χ4v) is 2.67. The highest BCUT2D eigenvalue weighted by atomic mass is 35.5. The Morgan fingerprint density at radius 3 is 2.59 bits per heavy atom. The third-order valence-electron chi connectivity index (χ3n) is 3.86. The van der Waals surface area contributed by atoms with E-state index in [2.05, 4.69) is 10.5 Å². The van der Waals surface area contributed by atoms with Crippen molar-refractivity contribution in [2.24, 2.45) is 5.10 Å². The van der Waals surface area contributed by atoms with E-state index in [1.54, 1.807) is 63.5 Å². The number of hydrazone groups is 1. The fourth-order valence-electron chi connectivity index (χ4n) is 2.45. The number of hydrogen-bond donors (Lipinski definition) is 1. The van der Waals surface area contributed by atoms with Crippen LogP contribution in [-0.2, 0) is 4.79 Å². The van der Waals surface area contributed by atoms with Crippen LogP contribution in [0.25, 0.3) is 0 Å². The van der Waals surface area contributed by atoms with Gasteiger partial charge in [0.1, 0.15) is 0 Å². The van der Waals surface area contributed by atoms with Gasteiger partial charge in [0.15, 0.2) is 17.6 Å². The highest BCUT2D eigenvalue weighted by Crippen LogP contribution is 2.29. The predicted octanol–water partition coefficient (Wildman–Crippen LogP) is 3.36. The van der Waals surface area contributed by atoms with Crippen LogP contribution in [0.15, 0.2) is 47.6 Å². The molecule has 29 heavy (non-hydrogen) atoms. The van der Waals surface area contributed by atoms with Gasteiger partial charge in [-0.15, -0.1) is 0 Å². The summed E-state index contributed by atoms with van der Waals surface area (Å²) in [4.78, 5) is 25.6. The van der Waals surface area contributed by atoms with E-state index in [4.69, 9.17) is 21.1 Å². The number of halogens is 1. The first kappa shape index (κ1) is 22.2. The van der Waals surface area contributed by atoms with Crippen molar-refractivity contribution in [1.29, 1.82) is 0 Å². The maximum Gasteiger partial charge on any atom is 0.272 e. The second kappa shape index (κ2) is 10.5. The maximum absolute atomic E-state index is 12.1. The summed E-state index contributed by atoms with van der Waals surface area (Å²) < 4.78 is 11.4. The van der Waals surface area contributed by atoms with Crippen LogP contribution in [0, 0.1) is 0 Å². The molecule has 1 N–H and O–H groups in total. The zero-order valence-electron chi connectivity index (χ0n) is 16.8. The number of amides is 2. The Kier molecular flexibility index (Phi) is 8.03. The Labute approximate surface area is 175 Å². The standard InChI is InChI=1S/C21H24ClN3O4/c1-5-28-19-12-15(10-11-18(19)29-14(2)21(27)25(3)4)13-23-24-20(26)16-8-6-7-9-17(16)22/h6-14H,5H2,1-4H3,(H,24,26)/b23-13-/t14-/m1/s1. The van der Waals surface area contributed by atoms with Crippen molar-refractivity contribution in [3.05, 3.63) is 58.6 Å². The third kappa shape index (κ3) is 6.22. The van der Waals surface area contributed by atoms with Crippen LogP contribution < -0.4 is 14.9 Å². The van der Waals surface area contributed by atoms with Crippen LogP contribution in [0.5, 0.6) is 11.5 Å². The summed E-state index contributed by atoms with van der Waals surface area (Å²) >= 11 is 6.00. The Balaban J connectivity index is 2.11. The van der Waals surface area contributed by atoms with Gasteiger partial charge in [-0.2, -0.15) is 5.10 Å². The van der Waals surface area contributed by atoms with Gasteiger partial charge in [0.2, 0.25) is 0 Å². The fraction of sp³-hybridized carbons (Fsp3) is 0.286. The number of hydrogen-bond acceptors (Lipinski definition) is 5. The average Bonchev–Trinajstić information content (AvgIpc) is 2.69. The highest BCUT2D eigenvalue weighted by Gasteiger charge is 2.18. The average molecular weight is 418 g/mol. The van der Waals surface area contributed by atoms with Gasteiger partial charge in [-0.3, -0.25) is 9.59 Å². The second-order valence-corrected chi connectivity index (χ2v) is 6.72. The Hall–Kier alpha value is -3.06. The van der Waals surface area contributed by atoms with Crippen LogP contribution in [0.2, 0.25) is 5.02 Å². The van der Waals surface area contributed by atoms with E-state index in [0.29, 0.717) is 34.3 Å². The monoisotopic (exact) mass is 417 g/mol. The SMILES string of the molecule is CCOc1cc(/C=N\NC(=O)c2ccccc2Cl)ccc1O[C@H](C)C(=O)N(C)C. The molecule has 0 unspecified atom stereocenters. The van der Waals surface area contributed by atoms with E-state index in [0.717, 1.165) is 0 Å². The van der Waals surface area contributed by atoms with Crippen molar-refractivity contribution in [2.75, 3.05) is 20.7 Å². The maximum atomic E-state index is 12.1. The van der Waals surface area contributed by atoms with Crippen LogP contribution in [-0.4, -0.2) is 49.7 Å². The van der Waals surface area contributed by atoms with Crippen LogP contribution >= 0.6 is 11.6 Å². The molecule has 0 fully saturated rings. The number of likely N-dealkylation sites (N-methyl/N-ethyl adjacent to an activating group) is 1. The van der Waals surface area contributed by atoms with Crippen LogP contribution in [0.1, 0.15) is 29.8 Å². The van der Waals surface area contributed by atoms with Gasteiger partial charge in [-0.1, -0.05) is 23.7 Å². The largest absolute Gasteiger partial charge is 0.490 e. The van der Waals surface area contributed by atoms with Gasteiger partial charge >= 0.3 is 0 Å². The summed E-state index contributed by atoms with van der Waals surface area (Å²) in [5.41, 5.74) is 3.46. The predicted molar refractivity (Wildman–Crippen MR) is 113 cm³/mol. The molecule has 2 rings (SSSR count). The molecule has 2 aromatic carbocycles. The van der Waals surface area contributed by atoms with E-state index >= 15 is 0 Å². The number of carbonyl (C=O) groups excluding carboxylic acids is 2. The van der Waals surface area contributed by atoms with Crippen molar-refractivity contribution in [1.82, 2.24) is 10.3 Å². The Bertz CT molecular complexity index is 899. The minimum absolute atomic E-state index is 0.152. The molecule has 0 aliphatic carbocycles. The molecule has 0 aliphatic heterocycles. The normalized spacial score (nSPS) is 11.8. The molecule has 0 bridgehead atoms. The molecule has 0 aliphatic rings. The van der Waals surface area contributed by atoms with E-state index in [1.807, 2.05) is 6.92 Å². The van der Waals surface area contributed by atoms with Crippen molar-refractivity contribution in [3.63, 3.8) is 0 Å². The van der Waals surface area contributed by atoms with E-state index in [9.17, 15) is 9.59 Å². The van der Waals surface area contributed by atoms with E-state index < -0.39 is 12.0 Å². The van der Waals surface area contributed by atoms with Gasteiger partial charge in [-0.05, 0) is 49.7 Å². The first-order chi connectivity index (χ1) is 13.8. The van der Waals surface area contributed by atoms with Gasteiger partial charge in [0.05, 0.1) is 23.4 Å². The summed E-state index contributed by atoms with van der Waals surface area (Å²) in [6.07, 6.45) is 0.828. The summed E-state index contributed by atoms with van der Waals surface area (Å²) in [6, 6.07) is 11.9. The quantitative estimate of drug-likeness (QED) is 0.527. The molecule has 0 radical (unpaired) electrons. The Morgan fingerprint density at radius 2 is 1.93 bits per heavy atom. The first-order valence-corrected chi connectivity index (χ1v) is 9.43. The third-order valence-corrected chi connectivity index (χ3v) is 4.19. The molecular formula is C21H24ClN3O4. The molecular weight excluding hydrogens is 394 g/mol. The summed E-state index contributed by atoms with van der Waals surface area (Å²) in [5, 5.41) is 4.31. The lowest BCUT2D eigenvalue weighted by atomic mass is 10.2. The number of nitrogens with one attached hydrogen (secondary N) is 1. The lowest BCUT2D eigenvalue weighted by Crippen LogP contribution is -2.35. The number of ether oxygens (including phenoxy) is 2. The van der Waals surface area contributed by atoms with Gasteiger partial charge < -0.3 is 14.4 Å². The number of carbonyl (C=O) groups is 2. The highest BCUT2D eigenvalue weighted by molar-refractivity contribution is 6.33. The van der Waals surface area contributed by atoms with Crippen LogP contribution in [0.4, 0.5) is 0 Å². The van der Waals surface area contributed by atoms with E-state index in [1.165, 1.54) is 11.1 Å². The van der Waals surface area contributed by atoms with Crippen molar-refractivity contribution < 1.29 is 19.1 Å². The van der Waals surface area contributed by atoms with Crippen molar-refractivity contribution in [3.8, 4) is 11.5 Å². The molecule has 1 atom stereocenters. The molecule has 0 heterocycles. The molecule has 0 saturated carbocycles. The van der Waals surface area contributed by atoms with Crippen molar-refractivity contribution in [2.45, 2.75) is 20.0 Å². The smallest absolute Gasteiger partial charge is 0.272 e. The molecule has 2 amide bonds. The minimum atomic E-state index is -0.654. The number of benzene rings is 2. The zero-order chi connectivity index (χ0) is 21.4. The van der Waals surface area contributed by atoms with Gasteiger partial charge in [0.25, 0.3) is 11.8 Å². The molecule has 0 aromatic heterocycles. The van der Waals surface area contributed by atoms with Crippen LogP contribution in [0.3, 0.4) is 0 Å². The van der Waals surface area contributed by atoms with E-state index in [-0.39, 0.29) is 5.91 Å². The minimum Gasteiger partial charge on any atom is -0.490 e. The second-order valence-electron chi connectivity index (χ2n) is 6.31. The lowest BCUT2D eigenvalue weighted by Gasteiger charge is -2.20. The summed E-state index contributed by atoms with van der Waals surface area (Å²) in [6.45, 7) is 3.96. The summed E-state index contributed by atoms with van der Waals surface area (Å²) in [5.74, 6) is 0.368. The topological polar surface area (TPSA) is 80.2 Å². The number of nitrogens with zero attached hydrogens (tertiary/aromatic N) is 2. The Morgan fingerprint density at radius 1 is 1.21 bits per heavy atom. The molecule has 0 saturated heterocycles. The molecule has 2 aromatic rings. The molecule has 0 spiro atoms. The summed E-state index contributed by atoms with van der Waals surface area (Å²) in [7, 11) is 3.34. The molecule has 7 nitrogen and oxygen atoms in total. The number of rotatable bonds is 8. The molecule has 8 heteroatoms. The van der Waals surface area contributed by atoms with Crippen molar-refractivity contribution >= 4 is 29.6 Å². The molecule has 154 valence electrons. The van der Waals surface area contributed by atoms with Gasteiger partial charge in [-0.25, -0.2) is 5.43 Å². The van der Waals surface area contributed by atoms with Gasteiger partial charge in [0, 0.05) is 14.1 Å².